The van der Waals surface area contributed by atoms with Gasteiger partial charge in [0, 0.05) is 59.1 Å². The zero-order valence-corrected chi connectivity index (χ0v) is 18.5. The summed E-state index contributed by atoms with van der Waals surface area (Å²) < 4.78 is 0. The highest BCUT2D eigenvalue weighted by Crippen LogP contribution is 2.28. The Morgan fingerprint density at radius 1 is 0.938 bits per heavy atom. The Hall–Kier alpha value is -3.23. The van der Waals surface area contributed by atoms with E-state index in [1.54, 1.807) is 18.3 Å². The maximum absolute atomic E-state index is 12.8. The van der Waals surface area contributed by atoms with Gasteiger partial charge in [0.2, 0.25) is 11.7 Å². The highest BCUT2D eigenvalue weighted by molar-refractivity contribution is 6.31. The summed E-state index contributed by atoms with van der Waals surface area (Å²) >= 11 is 12.0. The number of nitrogens with zero attached hydrogens (tertiary/aromatic N) is 7. The van der Waals surface area contributed by atoms with Crippen molar-refractivity contribution in [2.45, 2.75) is 6.54 Å². The van der Waals surface area contributed by atoms with Crippen LogP contribution in [0.4, 0.5) is 5.69 Å². The van der Waals surface area contributed by atoms with E-state index in [0.717, 1.165) is 35.2 Å². The minimum atomic E-state index is -0.0314. The lowest BCUT2D eigenvalue weighted by molar-refractivity contribution is -0.132. The first-order valence-electron chi connectivity index (χ1n) is 10.2. The zero-order chi connectivity index (χ0) is 22.1. The Bertz CT molecular complexity index is 1270. The molecule has 162 valence electrons. The Labute approximate surface area is 194 Å². The first kappa shape index (κ1) is 20.7. The molecule has 0 bridgehead atoms. The largest absolute Gasteiger partial charge is 0.367 e. The molecule has 1 aliphatic rings. The number of hydrogen-bond acceptors (Lipinski definition) is 6. The zero-order valence-electron chi connectivity index (χ0n) is 17.0. The Kier molecular flexibility index (Phi) is 5.63. The highest BCUT2D eigenvalue weighted by Gasteiger charge is 2.23. The first-order chi connectivity index (χ1) is 15.6. The monoisotopic (exact) mass is 467 g/mol. The van der Waals surface area contributed by atoms with Crippen LogP contribution in [0.5, 0.6) is 0 Å². The lowest BCUT2D eigenvalue weighted by Crippen LogP contribution is -2.49. The van der Waals surface area contributed by atoms with E-state index in [1.807, 2.05) is 41.3 Å². The van der Waals surface area contributed by atoms with E-state index in [0.29, 0.717) is 29.0 Å². The lowest BCUT2D eigenvalue weighted by Gasteiger charge is -2.36. The normalized spacial score (nSPS) is 14.2. The van der Waals surface area contributed by atoms with Crippen molar-refractivity contribution < 1.29 is 4.79 Å². The van der Waals surface area contributed by atoms with Crippen molar-refractivity contribution in [2.24, 2.45) is 0 Å². The molecule has 32 heavy (non-hydrogen) atoms. The second-order valence-corrected chi connectivity index (χ2v) is 8.38. The van der Waals surface area contributed by atoms with Crippen molar-refractivity contribution in [3.8, 4) is 11.4 Å². The summed E-state index contributed by atoms with van der Waals surface area (Å²) in [5, 5.41) is 14.7. The summed E-state index contributed by atoms with van der Waals surface area (Å²) in [6.07, 6.45) is 1.79. The number of aromatic nitrogens is 5. The molecule has 0 unspecified atom stereocenters. The third-order valence-electron chi connectivity index (χ3n) is 5.49. The van der Waals surface area contributed by atoms with Crippen molar-refractivity contribution in [2.75, 3.05) is 31.1 Å². The number of hydrogen-bond donors (Lipinski definition) is 0. The molecule has 0 saturated carbocycles. The van der Waals surface area contributed by atoms with Gasteiger partial charge in [-0.2, -0.15) is 4.80 Å². The van der Waals surface area contributed by atoms with E-state index in [9.17, 15) is 4.79 Å². The number of piperazine rings is 1. The van der Waals surface area contributed by atoms with E-state index >= 15 is 0 Å². The minimum Gasteiger partial charge on any atom is -0.367 e. The Morgan fingerprint density at radius 2 is 1.69 bits per heavy atom. The molecule has 1 aliphatic heterocycles. The first-order valence-corrected chi connectivity index (χ1v) is 10.9. The summed E-state index contributed by atoms with van der Waals surface area (Å²) in [4.78, 5) is 22.6. The van der Waals surface area contributed by atoms with Gasteiger partial charge >= 0.3 is 0 Å². The van der Waals surface area contributed by atoms with Crippen LogP contribution in [0.3, 0.4) is 0 Å². The molecule has 1 saturated heterocycles. The molecule has 4 aromatic rings. The van der Waals surface area contributed by atoms with E-state index in [4.69, 9.17) is 23.2 Å². The van der Waals surface area contributed by atoms with Gasteiger partial charge in [0.15, 0.2) is 0 Å². The number of carbonyl (C=O) groups is 1. The molecule has 1 amide bonds. The van der Waals surface area contributed by atoms with Gasteiger partial charge in [0.05, 0.1) is 5.52 Å². The summed E-state index contributed by atoms with van der Waals surface area (Å²) in [5.41, 5.74) is 2.76. The molecule has 10 heteroatoms. The number of pyridine rings is 1. The summed E-state index contributed by atoms with van der Waals surface area (Å²) in [7, 11) is 0. The van der Waals surface area contributed by atoms with E-state index in [1.165, 1.54) is 4.80 Å². The maximum atomic E-state index is 12.8. The van der Waals surface area contributed by atoms with Gasteiger partial charge in [-0.1, -0.05) is 23.2 Å². The molecular weight excluding hydrogens is 449 g/mol. The van der Waals surface area contributed by atoms with E-state index in [2.05, 4.69) is 25.3 Å². The van der Waals surface area contributed by atoms with Crippen molar-refractivity contribution in [1.29, 1.82) is 0 Å². The topological polar surface area (TPSA) is 80.0 Å². The van der Waals surface area contributed by atoms with Crippen LogP contribution in [0.2, 0.25) is 10.0 Å². The van der Waals surface area contributed by atoms with E-state index in [-0.39, 0.29) is 12.5 Å². The average molecular weight is 468 g/mol. The summed E-state index contributed by atoms with van der Waals surface area (Å²) in [5.74, 6) is 0.431. The number of benzene rings is 2. The number of amides is 1. The quantitative estimate of drug-likeness (QED) is 0.456. The standard InChI is InChI=1S/C22H19Cl2N7O/c23-16-3-1-15(2-4-16)22-26-28-31(27-22)14-21(32)30-11-9-29(10-12-30)20-7-8-25-19-13-17(24)5-6-18(19)20/h1-8,13H,9-12,14H2. The van der Waals surface area contributed by atoms with Crippen molar-refractivity contribution >= 4 is 45.7 Å². The summed E-state index contributed by atoms with van der Waals surface area (Å²) in [6.45, 7) is 2.75. The molecule has 0 spiro atoms. The van der Waals surface area contributed by atoms with Crippen LogP contribution in [0.25, 0.3) is 22.3 Å². The van der Waals surface area contributed by atoms with Gasteiger partial charge in [0.25, 0.3) is 0 Å². The maximum Gasteiger partial charge on any atom is 0.246 e. The highest BCUT2D eigenvalue weighted by atomic mass is 35.5. The molecule has 8 nitrogen and oxygen atoms in total. The van der Waals surface area contributed by atoms with Crippen LogP contribution >= 0.6 is 23.2 Å². The number of rotatable bonds is 4. The number of halogens is 2. The average Bonchev–Trinajstić information content (AvgIpc) is 3.27. The molecular formula is C22H19Cl2N7O. The second-order valence-electron chi connectivity index (χ2n) is 7.51. The lowest BCUT2D eigenvalue weighted by atomic mass is 10.1. The van der Waals surface area contributed by atoms with Crippen LogP contribution in [0.1, 0.15) is 0 Å². The number of anilines is 1. The number of tetrazole rings is 1. The molecule has 2 aromatic carbocycles. The Morgan fingerprint density at radius 3 is 2.47 bits per heavy atom. The van der Waals surface area contributed by atoms with E-state index < -0.39 is 0 Å². The van der Waals surface area contributed by atoms with Crippen LogP contribution in [-0.2, 0) is 11.3 Å². The second kappa shape index (κ2) is 8.72. The predicted molar refractivity (Wildman–Crippen MR) is 124 cm³/mol. The number of carbonyl (C=O) groups excluding carboxylic acids is 1. The molecule has 1 fully saturated rings. The predicted octanol–water partition coefficient (Wildman–Crippen LogP) is 3.54. The van der Waals surface area contributed by atoms with Gasteiger partial charge in [-0.25, -0.2) is 0 Å². The van der Waals surface area contributed by atoms with Gasteiger partial charge in [-0.15, -0.1) is 10.2 Å². The van der Waals surface area contributed by atoms with Crippen molar-refractivity contribution in [1.82, 2.24) is 30.1 Å². The van der Waals surface area contributed by atoms with Crippen LogP contribution in [0, 0.1) is 0 Å². The summed E-state index contributed by atoms with van der Waals surface area (Å²) in [6, 6.07) is 14.9. The molecule has 0 aliphatic carbocycles. The van der Waals surface area contributed by atoms with Gasteiger partial charge in [0.1, 0.15) is 6.54 Å². The molecule has 0 radical (unpaired) electrons. The minimum absolute atomic E-state index is 0.0314. The van der Waals surface area contributed by atoms with Crippen molar-refractivity contribution in [3.05, 3.63) is 64.8 Å². The van der Waals surface area contributed by atoms with Crippen LogP contribution < -0.4 is 4.90 Å². The third kappa shape index (κ3) is 4.24. The SMILES string of the molecule is O=C(Cn1nnc(-c2ccc(Cl)cc2)n1)N1CCN(c2ccnc3cc(Cl)ccc23)CC1. The number of fused-ring (bicyclic) bond motifs is 1. The van der Waals surface area contributed by atoms with Crippen LogP contribution in [0.15, 0.2) is 54.7 Å². The van der Waals surface area contributed by atoms with Crippen molar-refractivity contribution in [3.63, 3.8) is 0 Å². The fourth-order valence-corrected chi connectivity index (χ4v) is 4.12. The molecule has 5 rings (SSSR count). The fourth-order valence-electron chi connectivity index (χ4n) is 3.82. The van der Waals surface area contributed by atoms with Gasteiger partial charge in [-0.05, 0) is 53.7 Å². The molecule has 0 N–H and O–H groups in total. The fraction of sp³-hybridized carbons (Fsp3) is 0.227. The van der Waals surface area contributed by atoms with Crippen LogP contribution in [-0.4, -0.2) is 62.2 Å². The third-order valence-corrected chi connectivity index (χ3v) is 5.97. The molecule has 0 atom stereocenters. The van der Waals surface area contributed by atoms with Gasteiger partial charge < -0.3 is 9.80 Å². The smallest absolute Gasteiger partial charge is 0.246 e. The molecule has 3 heterocycles. The Balaban J connectivity index is 1.22. The van der Waals surface area contributed by atoms with Gasteiger partial charge in [-0.3, -0.25) is 9.78 Å². The molecule has 2 aromatic heterocycles.